The molecule has 0 spiro atoms. The second-order valence-electron chi connectivity index (χ2n) is 4.19. The highest BCUT2D eigenvalue weighted by Crippen LogP contribution is 2.42. The average Bonchev–Trinajstić information content (AvgIpc) is 2.68. The van der Waals surface area contributed by atoms with Gasteiger partial charge in [-0.05, 0) is 19.9 Å². The summed E-state index contributed by atoms with van der Waals surface area (Å²) in [6, 6.07) is 3.74. The van der Waals surface area contributed by atoms with Gasteiger partial charge in [0.25, 0.3) is 0 Å². The molecule has 0 N–H and O–H groups in total. The summed E-state index contributed by atoms with van der Waals surface area (Å²) in [5, 5.41) is -0.319. The second kappa shape index (κ2) is 6.06. The molecule has 2 heterocycles. The van der Waals surface area contributed by atoms with Crippen LogP contribution in [0.3, 0.4) is 0 Å². The Morgan fingerprint density at radius 3 is 3.00 bits per heavy atom. The fraction of sp³-hybridized carbons (Fsp3) is 0.462. The smallest absolute Gasteiger partial charge is 0.325 e. The van der Waals surface area contributed by atoms with Gasteiger partial charge in [-0.2, -0.15) is 0 Å². The summed E-state index contributed by atoms with van der Waals surface area (Å²) >= 11 is 1.52. The Balaban J connectivity index is 2.17. The van der Waals surface area contributed by atoms with Gasteiger partial charge in [0.2, 0.25) is 5.91 Å². The fourth-order valence-corrected chi connectivity index (χ4v) is 3.22. The Kier molecular flexibility index (Phi) is 4.42. The molecule has 1 aliphatic heterocycles. The van der Waals surface area contributed by atoms with Crippen LogP contribution in [0.4, 0.5) is 0 Å². The number of pyridine rings is 1. The zero-order valence-corrected chi connectivity index (χ0v) is 11.7. The van der Waals surface area contributed by atoms with Gasteiger partial charge in [0.15, 0.2) is 0 Å². The van der Waals surface area contributed by atoms with Crippen LogP contribution >= 0.6 is 11.8 Å². The number of rotatable bonds is 4. The summed E-state index contributed by atoms with van der Waals surface area (Å²) in [7, 11) is 0. The van der Waals surface area contributed by atoms with Gasteiger partial charge in [0, 0.05) is 18.0 Å². The van der Waals surface area contributed by atoms with Crippen molar-refractivity contribution in [3.8, 4) is 0 Å². The van der Waals surface area contributed by atoms with Crippen LogP contribution in [-0.2, 0) is 14.3 Å². The van der Waals surface area contributed by atoms with Crippen molar-refractivity contribution >= 4 is 23.6 Å². The van der Waals surface area contributed by atoms with Gasteiger partial charge in [-0.25, -0.2) is 0 Å². The van der Waals surface area contributed by atoms with E-state index in [1.165, 1.54) is 11.8 Å². The number of carbonyl (C=O) groups excluding carboxylic acids is 2. The van der Waals surface area contributed by atoms with Gasteiger partial charge >= 0.3 is 5.97 Å². The van der Waals surface area contributed by atoms with Crippen LogP contribution in [0.5, 0.6) is 0 Å². The van der Waals surface area contributed by atoms with Crippen molar-refractivity contribution in [1.29, 1.82) is 0 Å². The average molecular weight is 280 g/mol. The maximum Gasteiger partial charge on any atom is 0.325 e. The summed E-state index contributed by atoms with van der Waals surface area (Å²) in [5.74, 6) is -0.411. The summed E-state index contributed by atoms with van der Waals surface area (Å²) in [5.41, 5.74) is 0.925. The highest BCUT2D eigenvalue weighted by Gasteiger charge is 2.39. The molecule has 6 heteroatoms. The van der Waals surface area contributed by atoms with Gasteiger partial charge < -0.3 is 9.64 Å². The lowest BCUT2D eigenvalue weighted by molar-refractivity contribution is -0.148. The normalized spacial score (nSPS) is 22.6. The molecule has 0 aliphatic carbocycles. The molecule has 0 radical (unpaired) electrons. The minimum Gasteiger partial charge on any atom is -0.465 e. The first-order chi connectivity index (χ1) is 9.13. The Labute approximate surface area is 116 Å². The van der Waals surface area contributed by atoms with E-state index in [0.717, 1.165) is 5.56 Å². The maximum absolute atomic E-state index is 12.1. The minimum atomic E-state index is -0.376. The predicted octanol–water partition coefficient (Wildman–Crippen LogP) is 1.61. The number of esters is 1. The predicted molar refractivity (Wildman–Crippen MR) is 72.4 cm³/mol. The van der Waals surface area contributed by atoms with Crippen molar-refractivity contribution in [3.63, 3.8) is 0 Å². The molecule has 2 rings (SSSR count). The number of nitrogens with zero attached hydrogens (tertiary/aromatic N) is 2. The van der Waals surface area contributed by atoms with Gasteiger partial charge in [-0.3, -0.25) is 14.6 Å². The summed E-state index contributed by atoms with van der Waals surface area (Å²) in [6.07, 6.45) is 3.41. The first-order valence-electron chi connectivity index (χ1n) is 6.15. The first kappa shape index (κ1) is 13.9. The third-order valence-electron chi connectivity index (χ3n) is 2.82. The SMILES string of the molecule is CCOC(=O)CN1C(=O)C(C)SC1c1cccnc1. The van der Waals surface area contributed by atoms with E-state index in [1.807, 2.05) is 19.1 Å². The van der Waals surface area contributed by atoms with Crippen LogP contribution in [0.1, 0.15) is 24.8 Å². The van der Waals surface area contributed by atoms with E-state index in [2.05, 4.69) is 4.98 Å². The third kappa shape index (κ3) is 3.07. The Morgan fingerprint density at radius 1 is 1.58 bits per heavy atom. The lowest BCUT2D eigenvalue weighted by atomic mass is 10.2. The van der Waals surface area contributed by atoms with E-state index < -0.39 is 0 Å². The quantitative estimate of drug-likeness (QED) is 0.784. The molecule has 19 heavy (non-hydrogen) atoms. The van der Waals surface area contributed by atoms with Crippen molar-refractivity contribution in [2.75, 3.05) is 13.2 Å². The van der Waals surface area contributed by atoms with Crippen LogP contribution in [0.15, 0.2) is 24.5 Å². The van der Waals surface area contributed by atoms with Crippen molar-refractivity contribution in [2.24, 2.45) is 0 Å². The van der Waals surface area contributed by atoms with Crippen LogP contribution in [0, 0.1) is 0 Å². The topological polar surface area (TPSA) is 59.5 Å². The minimum absolute atomic E-state index is 0.0103. The third-order valence-corrected chi connectivity index (χ3v) is 4.22. The van der Waals surface area contributed by atoms with E-state index in [9.17, 15) is 9.59 Å². The summed E-state index contributed by atoms with van der Waals surface area (Å²) in [6.45, 7) is 3.91. The Hall–Kier alpha value is -1.56. The molecule has 2 atom stereocenters. The Bertz CT molecular complexity index is 466. The number of ether oxygens (including phenoxy) is 1. The molecule has 1 aromatic rings. The molecule has 0 aromatic carbocycles. The van der Waals surface area contributed by atoms with E-state index in [-0.39, 0.29) is 29.0 Å². The van der Waals surface area contributed by atoms with Crippen molar-refractivity contribution < 1.29 is 14.3 Å². The van der Waals surface area contributed by atoms with Crippen LogP contribution in [-0.4, -0.2) is 40.2 Å². The van der Waals surface area contributed by atoms with Gasteiger partial charge in [0.1, 0.15) is 11.9 Å². The number of hydrogen-bond donors (Lipinski definition) is 0. The lowest BCUT2D eigenvalue weighted by Crippen LogP contribution is -2.35. The molecule has 1 fully saturated rings. The fourth-order valence-electron chi connectivity index (χ4n) is 1.96. The van der Waals surface area contributed by atoms with Gasteiger partial charge in [-0.1, -0.05) is 6.07 Å². The highest BCUT2D eigenvalue weighted by atomic mass is 32.2. The van der Waals surface area contributed by atoms with Gasteiger partial charge in [-0.15, -0.1) is 11.8 Å². The first-order valence-corrected chi connectivity index (χ1v) is 7.09. The summed E-state index contributed by atoms with van der Waals surface area (Å²) in [4.78, 5) is 29.3. The molecule has 1 amide bonds. The van der Waals surface area contributed by atoms with Crippen LogP contribution in [0.2, 0.25) is 0 Å². The molecule has 1 saturated heterocycles. The maximum atomic E-state index is 12.1. The van der Waals surface area contributed by atoms with Crippen molar-refractivity contribution in [2.45, 2.75) is 24.5 Å². The molecule has 1 aliphatic rings. The molecule has 0 saturated carbocycles. The van der Waals surface area contributed by atoms with E-state index in [1.54, 1.807) is 24.2 Å². The molecular weight excluding hydrogens is 264 g/mol. The molecule has 0 bridgehead atoms. The molecule has 2 unspecified atom stereocenters. The van der Waals surface area contributed by atoms with Crippen LogP contribution in [0.25, 0.3) is 0 Å². The number of amides is 1. The van der Waals surface area contributed by atoms with Crippen LogP contribution < -0.4 is 0 Å². The molecular formula is C13H16N2O3S. The number of aromatic nitrogens is 1. The molecule has 5 nitrogen and oxygen atoms in total. The highest BCUT2D eigenvalue weighted by molar-refractivity contribution is 8.01. The molecule has 102 valence electrons. The summed E-state index contributed by atoms with van der Waals surface area (Å²) < 4.78 is 4.91. The second-order valence-corrected chi connectivity index (χ2v) is 5.61. The number of carbonyl (C=O) groups is 2. The van der Waals surface area contributed by atoms with E-state index in [4.69, 9.17) is 4.74 Å². The van der Waals surface area contributed by atoms with E-state index in [0.29, 0.717) is 6.61 Å². The Morgan fingerprint density at radius 2 is 2.37 bits per heavy atom. The van der Waals surface area contributed by atoms with Crippen molar-refractivity contribution in [3.05, 3.63) is 30.1 Å². The zero-order valence-electron chi connectivity index (χ0n) is 10.9. The number of thioether (sulfide) groups is 1. The number of hydrogen-bond acceptors (Lipinski definition) is 5. The van der Waals surface area contributed by atoms with E-state index >= 15 is 0 Å². The lowest BCUT2D eigenvalue weighted by Gasteiger charge is -2.22. The standard InChI is InChI=1S/C13H16N2O3S/c1-3-18-11(16)8-15-12(17)9(2)19-13(15)10-5-4-6-14-7-10/h4-7,9,13H,3,8H2,1-2H3. The monoisotopic (exact) mass is 280 g/mol. The van der Waals surface area contributed by atoms with Crippen molar-refractivity contribution in [1.82, 2.24) is 9.88 Å². The largest absolute Gasteiger partial charge is 0.465 e. The molecule has 1 aromatic heterocycles. The zero-order chi connectivity index (χ0) is 13.8. The van der Waals surface area contributed by atoms with Gasteiger partial charge in [0.05, 0.1) is 11.9 Å².